The van der Waals surface area contributed by atoms with Gasteiger partial charge >= 0.3 is 0 Å². The number of aliphatic hydroxyl groups excluding tert-OH is 1. The zero-order chi connectivity index (χ0) is 18.6. The topological polar surface area (TPSA) is 85.8 Å². The van der Waals surface area contributed by atoms with Crippen LogP contribution in [0.5, 0.6) is 0 Å². The molecular weight excluding hydrogens is 320 g/mol. The predicted molar refractivity (Wildman–Crippen MR) is 95.4 cm³/mol. The minimum absolute atomic E-state index is 0.0769. The maximum absolute atomic E-state index is 12.6. The molecule has 1 saturated heterocycles. The van der Waals surface area contributed by atoms with Crippen LogP contribution in [-0.2, 0) is 0 Å². The fraction of sp³-hybridized carbons (Fsp3) is 0.611. The summed E-state index contributed by atoms with van der Waals surface area (Å²) in [6, 6.07) is 3.19. The summed E-state index contributed by atoms with van der Waals surface area (Å²) in [5.41, 5.74) is 0.626. The van der Waals surface area contributed by atoms with Crippen LogP contribution in [0.1, 0.15) is 41.6 Å². The van der Waals surface area contributed by atoms with Crippen molar-refractivity contribution in [3.8, 4) is 0 Å². The summed E-state index contributed by atoms with van der Waals surface area (Å²) in [7, 11) is 1.54. The van der Waals surface area contributed by atoms with Gasteiger partial charge in [0.15, 0.2) is 0 Å². The lowest BCUT2D eigenvalue weighted by molar-refractivity contribution is 0.0136. The average Bonchev–Trinajstić information content (AvgIpc) is 2.60. The summed E-state index contributed by atoms with van der Waals surface area (Å²) in [6.07, 6.45) is 1.05. The molecule has 0 bridgehead atoms. The Kier molecular flexibility index (Phi) is 6.13. The van der Waals surface area contributed by atoms with Gasteiger partial charge in [-0.05, 0) is 17.5 Å². The van der Waals surface area contributed by atoms with Gasteiger partial charge in [0.05, 0.1) is 11.7 Å². The second kappa shape index (κ2) is 7.93. The van der Waals surface area contributed by atoms with Crippen LogP contribution in [0, 0.1) is 5.41 Å². The van der Waals surface area contributed by atoms with E-state index in [1.54, 1.807) is 24.1 Å². The Morgan fingerprint density at radius 3 is 2.36 bits per heavy atom. The first-order valence-electron chi connectivity index (χ1n) is 8.60. The maximum Gasteiger partial charge on any atom is 0.269 e. The van der Waals surface area contributed by atoms with Gasteiger partial charge in [0, 0.05) is 46.0 Å². The highest BCUT2D eigenvalue weighted by atomic mass is 16.3. The van der Waals surface area contributed by atoms with Gasteiger partial charge in [0.2, 0.25) is 0 Å². The Hall–Kier alpha value is -1.99. The zero-order valence-electron chi connectivity index (χ0n) is 15.5. The van der Waals surface area contributed by atoms with E-state index in [1.165, 1.54) is 6.20 Å². The van der Waals surface area contributed by atoms with Crippen molar-refractivity contribution in [3.05, 3.63) is 29.6 Å². The Bertz CT molecular complexity index is 602. The lowest BCUT2D eigenvalue weighted by Gasteiger charge is -2.38. The molecule has 1 aromatic rings. The highest BCUT2D eigenvalue weighted by Crippen LogP contribution is 2.20. The van der Waals surface area contributed by atoms with Crippen molar-refractivity contribution in [1.82, 2.24) is 20.1 Å². The molecule has 0 aliphatic carbocycles. The molecule has 1 aliphatic heterocycles. The summed E-state index contributed by atoms with van der Waals surface area (Å²) in [6.45, 7) is 9.39. The normalized spacial score (nSPS) is 17.2. The minimum Gasteiger partial charge on any atom is -0.391 e. The molecule has 2 amide bonds. The fourth-order valence-electron chi connectivity index (χ4n) is 2.62. The summed E-state index contributed by atoms with van der Waals surface area (Å²) in [4.78, 5) is 32.1. The lowest BCUT2D eigenvalue weighted by atomic mass is 9.89. The van der Waals surface area contributed by atoms with Gasteiger partial charge in [-0.1, -0.05) is 20.8 Å². The number of hydrogen-bond acceptors (Lipinski definition) is 5. The summed E-state index contributed by atoms with van der Waals surface area (Å²) in [5, 5.41) is 12.7. The zero-order valence-corrected chi connectivity index (χ0v) is 15.5. The van der Waals surface area contributed by atoms with Crippen LogP contribution >= 0.6 is 0 Å². The first kappa shape index (κ1) is 19.3. The van der Waals surface area contributed by atoms with Crippen molar-refractivity contribution < 1.29 is 14.7 Å². The number of piperazine rings is 1. The standard InChI is InChI=1S/C18H28N4O3/c1-18(2,3)15(23)12-21-7-9-22(10-8-21)17(25)13-5-6-14(20-11-13)16(24)19-4/h5-6,11,15,23H,7-10,12H2,1-4H3,(H,19,24)/t15-/m0/s1. The van der Waals surface area contributed by atoms with E-state index in [4.69, 9.17) is 0 Å². The molecule has 0 spiro atoms. The number of rotatable bonds is 4. The first-order chi connectivity index (χ1) is 11.7. The Labute approximate surface area is 149 Å². The number of aromatic nitrogens is 1. The molecule has 0 aromatic carbocycles. The summed E-state index contributed by atoms with van der Waals surface area (Å²) >= 11 is 0. The number of carbonyl (C=O) groups excluding carboxylic acids is 2. The van der Waals surface area contributed by atoms with Crippen LogP contribution in [0.3, 0.4) is 0 Å². The number of hydrogen-bond donors (Lipinski definition) is 2. The van der Waals surface area contributed by atoms with Crippen molar-refractivity contribution in [3.63, 3.8) is 0 Å². The molecule has 138 valence electrons. The molecule has 2 N–H and O–H groups in total. The van der Waals surface area contributed by atoms with E-state index in [1.807, 2.05) is 20.8 Å². The fourth-order valence-corrected chi connectivity index (χ4v) is 2.62. The Morgan fingerprint density at radius 1 is 1.24 bits per heavy atom. The third-order valence-corrected chi connectivity index (χ3v) is 4.56. The van der Waals surface area contributed by atoms with E-state index in [0.717, 1.165) is 13.1 Å². The largest absolute Gasteiger partial charge is 0.391 e. The van der Waals surface area contributed by atoms with Gasteiger partial charge in [0.25, 0.3) is 11.8 Å². The quantitative estimate of drug-likeness (QED) is 0.832. The van der Waals surface area contributed by atoms with Crippen LogP contribution in [0.4, 0.5) is 0 Å². The number of carbonyl (C=O) groups is 2. The number of nitrogens with zero attached hydrogens (tertiary/aromatic N) is 3. The molecule has 1 aliphatic rings. The highest BCUT2D eigenvalue weighted by molar-refractivity contribution is 5.96. The van der Waals surface area contributed by atoms with Crippen LogP contribution in [0.15, 0.2) is 18.3 Å². The number of aliphatic hydroxyl groups is 1. The second-order valence-corrected chi connectivity index (χ2v) is 7.49. The maximum atomic E-state index is 12.6. The monoisotopic (exact) mass is 348 g/mol. The van der Waals surface area contributed by atoms with Crippen molar-refractivity contribution in [2.75, 3.05) is 39.8 Å². The van der Waals surface area contributed by atoms with Gasteiger partial charge in [-0.3, -0.25) is 19.5 Å². The SMILES string of the molecule is CNC(=O)c1ccc(C(=O)N2CCN(C[C@H](O)C(C)(C)C)CC2)cn1. The first-order valence-corrected chi connectivity index (χ1v) is 8.60. The molecule has 2 rings (SSSR count). The van der Waals surface area contributed by atoms with E-state index in [-0.39, 0.29) is 17.2 Å². The molecule has 7 nitrogen and oxygen atoms in total. The molecule has 2 heterocycles. The third kappa shape index (κ3) is 4.99. The summed E-state index contributed by atoms with van der Waals surface area (Å²) in [5.74, 6) is -0.350. The average molecular weight is 348 g/mol. The highest BCUT2D eigenvalue weighted by Gasteiger charge is 2.28. The van der Waals surface area contributed by atoms with E-state index >= 15 is 0 Å². The molecular formula is C18H28N4O3. The molecule has 1 fully saturated rings. The molecule has 0 saturated carbocycles. The smallest absolute Gasteiger partial charge is 0.269 e. The van der Waals surface area contributed by atoms with Crippen LogP contribution in [0.2, 0.25) is 0 Å². The number of nitrogens with one attached hydrogen (secondary N) is 1. The van der Waals surface area contributed by atoms with Crippen molar-refractivity contribution in [1.29, 1.82) is 0 Å². The Balaban J connectivity index is 1.90. The van der Waals surface area contributed by atoms with Gasteiger partial charge < -0.3 is 15.3 Å². The molecule has 25 heavy (non-hydrogen) atoms. The second-order valence-electron chi connectivity index (χ2n) is 7.49. The van der Waals surface area contributed by atoms with Gasteiger partial charge in [-0.2, -0.15) is 0 Å². The van der Waals surface area contributed by atoms with Crippen LogP contribution in [0.25, 0.3) is 0 Å². The van der Waals surface area contributed by atoms with E-state index < -0.39 is 6.10 Å². The molecule has 1 aromatic heterocycles. The Morgan fingerprint density at radius 2 is 1.88 bits per heavy atom. The van der Waals surface area contributed by atoms with Gasteiger partial charge in [0.1, 0.15) is 5.69 Å². The van der Waals surface area contributed by atoms with Crippen molar-refractivity contribution in [2.45, 2.75) is 26.9 Å². The van der Waals surface area contributed by atoms with Crippen molar-refractivity contribution >= 4 is 11.8 Å². The van der Waals surface area contributed by atoms with Gasteiger partial charge in [-0.15, -0.1) is 0 Å². The third-order valence-electron chi connectivity index (χ3n) is 4.56. The number of pyridine rings is 1. The van der Waals surface area contributed by atoms with Crippen LogP contribution in [-0.4, -0.2) is 77.6 Å². The molecule has 1 atom stereocenters. The van der Waals surface area contributed by atoms with E-state index in [9.17, 15) is 14.7 Å². The minimum atomic E-state index is -0.392. The van der Waals surface area contributed by atoms with Crippen molar-refractivity contribution in [2.24, 2.45) is 5.41 Å². The van der Waals surface area contributed by atoms with E-state index in [0.29, 0.717) is 30.9 Å². The molecule has 0 unspecified atom stereocenters. The number of β-amino-alcohol motifs (C(OH)–C–C–N with tert-alkyl or cyclic N) is 1. The van der Waals surface area contributed by atoms with Gasteiger partial charge in [-0.25, -0.2) is 0 Å². The predicted octanol–water partition coefficient (Wildman–Crippen LogP) is 0.606. The van der Waals surface area contributed by atoms with Crippen LogP contribution < -0.4 is 5.32 Å². The summed E-state index contributed by atoms with van der Waals surface area (Å²) < 4.78 is 0. The number of amides is 2. The lowest BCUT2D eigenvalue weighted by Crippen LogP contribution is -2.51. The van der Waals surface area contributed by atoms with E-state index in [2.05, 4.69) is 15.2 Å². The molecule has 0 radical (unpaired) electrons. The molecule has 7 heteroatoms.